The molecule has 4 rings (SSSR count). The Hall–Kier alpha value is -2.84. The van der Waals surface area contributed by atoms with Gasteiger partial charge >= 0.3 is 0 Å². The molecule has 0 radical (unpaired) electrons. The lowest BCUT2D eigenvalue weighted by molar-refractivity contribution is -0.113. The van der Waals surface area contributed by atoms with Crippen LogP contribution in [0.5, 0.6) is 0 Å². The molecule has 0 spiro atoms. The lowest BCUT2D eigenvalue weighted by atomic mass is 10.1. The van der Waals surface area contributed by atoms with E-state index in [4.69, 9.17) is 0 Å². The van der Waals surface area contributed by atoms with Gasteiger partial charge < -0.3 is 5.32 Å². The number of hydrogen-bond donors (Lipinski definition) is 1. The highest BCUT2D eigenvalue weighted by molar-refractivity contribution is 8.00. The van der Waals surface area contributed by atoms with Crippen LogP contribution in [0, 0.1) is 26.6 Å². The maximum absolute atomic E-state index is 13.3. The summed E-state index contributed by atoms with van der Waals surface area (Å²) < 4.78 is 14.2. The van der Waals surface area contributed by atoms with Crippen molar-refractivity contribution in [2.24, 2.45) is 0 Å². The zero-order chi connectivity index (χ0) is 21.3. The van der Waals surface area contributed by atoms with Crippen LogP contribution in [0.1, 0.15) is 16.1 Å². The van der Waals surface area contributed by atoms with Gasteiger partial charge in [0.05, 0.1) is 15.5 Å². The molecule has 5 nitrogen and oxygen atoms in total. The maximum atomic E-state index is 13.3. The van der Waals surface area contributed by atoms with E-state index in [1.807, 2.05) is 39.0 Å². The molecule has 0 saturated carbocycles. The number of fused-ring (bicyclic) bond motifs is 1. The van der Waals surface area contributed by atoms with Crippen LogP contribution in [0.15, 0.2) is 47.5 Å². The molecule has 30 heavy (non-hydrogen) atoms. The Bertz CT molecular complexity index is 1240. The zero-order valence-electron chi connectivity index (χ0n) is 16.7. The number of anilines is 1. The minimum atomic E-state index is -0.301. The molecular weight excluding hydrogens is 419 g/mol. The van der Waals surface area contributed by atoms with Gasteiger partial charge in [0.1, 0.15) is 22.1 Å². The summed E-state index contributed by atoms with van der Waals surface area (Å²) in [6.07, 6.45) is 0. The fourth-order valence-electron chi connectivity index (χ4n) is 3.09. The number of aryl methyl sites for hydroxylation is 3. The van der Waals surface area contributed by atoms with Gasteiger partial charge in [-0.25, -0.2) is 9.37 Å². The highest BCUT2D eigenvalue weighted by Gasteiger charge is 2.17. The minimum absolute atomic E-state index is 0.114. The first-order valence-electron chi connectivity index (χ1n) is 9.30. The summed E-state index contributed by atoms with van der Waals surface area (Å²) in [4.78, 5) is 17.0. The molecule has 2 heterocycles. The molecule has 0 aliphatic heterocycles. The lowest BCUT2D eigenvalue weighted by Crippen LogP contribution is -2.15. The Balaban J connectivity index is 1.55. The number of nitrogens with one attached hydrogen (secondary N) is 1. The summed E-state index contributed by atoms with van der Waals surface area (Å²) in [5.41, 5.74) is 5.14. The lowest BCUT2D eigenvalue weighted by Gasteiger charge is -2.09. The van der Waals surface area contributed by atoms with Crippen LogP contribution in [0.3, 0.4) is 0 Å². The van der Waals surface area contributed by atoms with E-state index < -0.39 is 0 Å². The van der Waals surface area contributed by atoms with Crippen molar-refractivity contribution in [3.8, 4) is 11.3 Å². The van der Waals surface area contributed by atoms with E-state index in [0.717, 1.165) is 37.6 Å². The maximum Gasteiger partial charge on any atom is 0.234 e. The van der Waals surface area contributed by atoms with Gasteiger partial charge in [0.25, 0.3) is 0 Å². The average Bonchev–Trinajstić information content (AvgIpc) is 3.10. The second-order valence-corrected chi connectivity index (χ2v) is 9.09. The van der Waals surface area contributed by atoms with E-state index in [1.165, 1.54) is 35.2 Å². The molecular formula is C22H19FN4OS2. The Morgan fingerprint density at radius 3 is 2.60 bits per heavy atom. The van der Waals surface area contributed by atoms with E-state index in [9.17, 15) is 9.18 Å². The van der Waals surface area contributed by atoms with Gasteiger partial charge in [0.2, 0.25) is 5.91 Å². The van der Waals surface area contributed by atoms with Gasteiger partial charge in [-0.15, -0.1) is 21.5 Å². The summed E-state index contributed by atoms with van der Waals surface area (Å²) in [5, 5.41) is 13.1. The van der Waals surface area contributed by atoms with Crippen molar-refractivity contribution in [1.82, 2.24) is 15.2 Å². The molecule has 0 fully saturated rings. The molecule has 152 valence electrons. The van der Waals surface area contributed by atoms with Gasteiger partial charge in [-0.2, -0.15) is 0 Å². The normalized spacial score (nSPS) is 11.1. The van der Waals surface area contributed by atoms with Crippen molar-refractivity contribution >= 4 is 44.9 Å². The second kappa shape index (κ2) is 8.49. The number of nitrogens with zero attached hydrogens (tertiary/aromatic N) is 3. The van der Waals surface area contributed by atoms with Crippen LogP contribution in [-0.2, 0) is 4.79 Å². The molecule has 0 aliphatic rings. The molecule has 1 N–H and O–H groups in total. The predicted molar refractivity (Wildman–Crippen MR) is 121 cm³/mol. The van der Waals surface area contributed by atoms with Crippen LogP contribution in [0.2, 0.25) is 0 Å². The molecule has 0 aliphatic carbocycles. The number of aromatic nitrogens is 3. The molecule has 0 unspecified atom stereocenters. The number of carbonyl (C=O) groups is 1. The van der Waals surface area contributed by atoms with Gasteiger partial charge in [0.15, 0.2) is 0 Å². The highest BCUT2D eigenvalue weighted by atomic mass is 32.2. The quantitative estimate of drug-likeness (QED) is 0.414. The van der Waals surface area contributed by atoms with Crippen molar-refractivity contribution in [2.75, 3.05) is 11.1 Å². The van der Waals surface area contributed by atoms with E-state index in [0.29, 0.717) is 10.7 Å². The zero-order valence-corrected chi connectivity index (χ0v) is 18.3. The Kier molecular flexibility index (Phi) is 5.78. The summed E-state index contributed by atoms with van der Waals surface area (Å²) in [5.74, 6) is -0.217. The smallest absolute Gasteiger partial charge is 0.234 e. The van der Waals surface area contributed by atoms with Crippen molar-refractivity contribution in [3.05, 3.63) is 64.4 Å². The van der Waals surface area contributed by atoms with Crippen molar-refractivity contribution in [1.29, 1.82) is 0 Å². The molecule has 8 heteroatoms. The summed E-state index contributed by atoms with van der Waals surface area (Å²) >= 11 is 2.82. The molecule has 2 aromatic carbocycles. The summed E-state index contributed by atoms with van der Waals surface area (Å²) in [6, 6.07) is 12.1. The third-order valence-corrected chi connectivity index (χ3v) is 6.44. The minimum Gasteiger partial charge on any atom is -0.325 e. The SMILES string of the molecule is Cc1ccc(NC(=O)CSc2nnc(-c3ccc(F)cc3)c3sc(C)nc23)c(C)c1. The number of halogens is 1. The largest absolute Gasteiger partial charge is 0.325 e. The molecule has 2 aromatic heterocycles. The number of rotatable bonds is 5. The number of carbonyl (C=O) groups excluding carboxylic acids is 1. The summed E-state index contributed by atoms with van der Waals surface area (Å²) in [7, 11) is 0. The molecule has 4 aromatic rings. The van der Waals surface area contributed by atoms with Gasteiger partial charge in [-0.3, -0.25) is 4.79 Å². The fraction of sp³-hybridized carbons (Fsp3) is 0.182. The monoisotopic (exact) mass is 438 g/mol. The van der Waals surface area contributed by atoms with Gasteiger partial charge in [-0.1, -0.05) is 29.5 Å². The van der Waals surface area contributed by atoms with Gasteiger partial charge in [-0.05, 0) is 56.7 Å². The molecule has 0 saturated heterocycles. The Labute approximate surface area is 181 Å². The first-order valence-corrected chi connectivity index (χ1v) is 11.1. The van der Waals surface area contributed by atoms with E-state index in [2.05, 4.69) is 20.5 Å². The van der Waals surface area contributed by atoms with Crippen molar-refractivity contribution in [3.63, 3.8) is 0 Å². The van der Waals surface area contributed by atoms with Crippen LogP contribution >= 0.6 is 23.1 Å². The topological polar surface area (TPSA) is 67.8 Å². The first-order chi connectivity index (χ1) is 14.4. The molecule has 0 atom stereocenters. The molecule has 0 bridgehead atoms. The third-order valence-electron chi connectivity index (χ3n) is 4.51. The van der Waals surface area contributed by atoms with Crippen LogP contribution < -0.4 is 5.32 Å². The number of benzene rings is 2. The van der Waals surface area contributed by atoms with E-state index >= 15 is 0 Å². The number of hydrogen-bond acceptors (Lipinski definition) is 6. The van der Waals surface area contributed by atoms with E-state index in [-0.39, 0.29) is 17.5 Å². The van der Waals surface area contributed by atoms with Crippen LogP contribution in [0.4, 0.5) is 10.1 Å². The average molecular weight is 439 g/mol. The second-order valence-electron chi connectivity index (χ2n) is 6.93. The fourth-order valence-corrected chi connectivity index (χ4v) is 4.80. The third kappa shape index (κ3) is 4.34. The Morgan fingerprint density at radius 1 is 1.10 bits per heavy atom. The highest BCUT2D eigenvalue weighted by Crippen LogP contribution is 2.35. The van der Waals surface area contributed by atoms with Crippen LogP contribution in [-0.4, -0.2) is 26.8 Å². The summed E-state index contributed by atoms with van der Waals surface area (Å²) in [6.45, 7) is 5.90. The van der Waals surface area contributed by atoms with Gasteiger partial charge in [0, 0.05) is 11.3 Å². The van der Waals surface area contributed by atoms with Crippen molar-refractivity contribution in [2.45, 2.75) is 25.8 Å². The predicted octanol–water partition coefficient (Wildman–Crippen LogP) is 5.55. The number of thiazole rings is 1. The number of amides is 1. The van der Waals surface area contributed by atoms with E-state index in [1.54, 1.807) is 12.1 Å². The van der Waals surface area contributed by atoms with Crippen LogP contribution in [0.25, 0.3) is 21.5 Å². The molecule has 1 amide bonds. The van der Waals surface area contributed by atoms with Crippen molar-refractivity contribution < 1.29 is 9.18 Å². The Morgan fingerprint density at radius 2 is 1.87 bits per heavy atom. The number of thioether (sulfide) groups is 1. The first kappa shape index (κ1) is 20.4. The standard InChI is InChI=1S/C22H19FN4OS2/c1-12-4-9-17(13(2)10-12)25-18(28)11-29-22-20-21(30-14(3)24-20)19(26-27-22)15-5-7-16(23)8-6-15/h4-10H,11H2,1-3H3,(H,25,28).